The van der Waals surface area contributed by atoms with E-state index in [1.807, 2.05) is 30.3 Å². The average molecular weight is 635 g/mol. The number of unbranched alkanes of at least 4 members (excludes halogenated alkanes) is 18. The van der Waals surface area contributed by atoms with E-state index in [-0.39, 0.29) is 5.92 Å². The molecule has 1 aliphatic carbocycles. The maximum absolute atomic E-state index is 6.42. The van der Waals surface area contributed by atoms with Crippen molar-refractivity contribution in [3.8, 4) is 35.2 Å². The molecular formula is C45H62O2. The third-order valence-electron chi connectivity index (χ3n) is 8.83. The Morgan fingerprint density at radius 1 is 0.489 bits per heavy atom. The topological polar surface area (TPSA) is 18.5 Å². The van der Waals surface area contributed by atoms with E-state index < -0.39 is 0 Å². The van der Waals surface area contributed by atoms with E-state index in [0.29, 0.717) is 13.2 Å². The van der Waals surface area contributed by atoms with Crippen molar-refractivity contribution in [2.75, 3.05) is 13.2 Å². The molecule has 0 aliphatic heterocycles. The van der Waals surface area contributed by atoms with E-state index in [2.05, 4.69) is 74.0 Å². The summed E-state index contributed by atoms with van der Waals surface area (Å²) >= 11 is 0. The van der Waals surface area contributed by atoms with Gasteiger partial charge in [-0.1, -0.05) is 196 Å². The predicted molar refractivity (Wildman–Crippen MR) is 202 cm³/mol. The molecule has 0 atom stereocenters. The largest absolute Gasteiger partial charge is 0.492 e. The Balaban J connectivity index is 1.61. The average Bonchev–Trinajstić information content (AvgIpc) is 3.63. The summed E-state index contributed by atoms with van der Waals surface area (Å²) in [5, 5.41) is 0. The van der Waals surface area contributed by atoms with Crippen LogP contribution in [0.25, 0.3) is 0 Å². The molecule has 0 spiro atoms. The van der Waals surface area contributed by atoms with Crippen molar-refractivity contribution in [1.82, 2.24) is 0 Å². The summed E-state index contributed by atoms with van der Waals surface area (Å²) in [7, 11) is 0. The van der Waals surface area contributed by atoms with Crippen molar-refractivity contribution in [2.24, 2.45) is 5.92 Å². The van der Waals surface area contributed by atoms with Crippen LogP contribution in [0.2, 0.25) is 0 Å². The van der Waals surface area contributed by atoms with Crippen molar-refractivity contribution in [2.45, 2.75) is 142 Å². The van der Waals surface area contributed by atoms with Crippen LogP contribution >= 0.6 is 0 Å². The third kappa shape index (κ3) is 17.4. The fourth-order valence-corrected chi connectivity index (χ4v) is 5.89. The maximum atomic E-state index is 6.42. The SMILES string of the molecule is CCCCCCCCCCCCOc1cc(C#CC2C=CC=C2)c(OCCCCCCCCCCCC)cc1C#Cc1ccccc1. The Labute approximate surface area is 288 Å². The normalized spacial score (nSPS) is 12.0. The smallest absolute Gasteiger partial charge is 0.136 e. The van der Waals surface area contributed by atoms with Crippen molar-refractivity contribution in [3.05, 3.63) is 83.5 Å². The van der Waals surface area contributed by atoms with E-state index in [9.17, 15) is 0 Å². The van der Waals surface area contributed by atoms with Gasteiger partial charge in [-0.15, -0.1) is 0 Å². The zero-order chi connectivity index (χ0) is 33.0. The van der Waals surface area contributed by atoms with Crippen molar-refractivity contribution in [1.29, 1.82) is 0 Å². The van der Waals surface area contributed by atoms with Crippen LogP contribution in [0.4, 0.5) is 0 Å². The highest BCUT2D eigenvalue weighted by Gasteiger charge is 2.12. The summed E-state index contributed by atoms with van der Waals surface area (Å²) in [6, 6.07) is 14.3. The second-order valence-electron chi connectivity index (χ2n) is 13.1. The molecule has 0 saturated carbocycles. The van der Waals surface area contributed by atoms with Gasteiger partial charge in [0.2, 0.25) is 0 Å². The lowest BCUT2D eigenvalue weighted by atomic mass is 10.1. The predicted octanol–water partition coefficient (Wildman–Crippen LogP) is 12.8. The van der Waals surface area contributed by atoms with Crippen molar-refractivity contribution < 1.29 is 9.47 Å². The van der Waals surface area contributed by atoms with Crippen molar-refractivity contribution >= 4 is 0 Å². The van der Waals surface area contributed by atoms with Gasteiger partial charge in [0.15, 0.2) is 0 Å². The number of rotatable bonds is 24. The molecule has 0 aromatic heterocycles. The minimum atomic E-state index is 0.137. The standard InChI is InChI=1S/C45H62O2/c1-3-5-7-9-11-13-15-17-19-26-36-46-44-39-43(35-33-41-30-24-25-31-41)45(38-42(44)34-32-40-28-22-21-23-29-40)47-37-27-20-18-16-14-12-10-8-6-4-2/h21-25,28-31,38-39,41H,3-20,26-27,36-37H2,1-2H3. The maximum Gasteiger partial charge on any atom is 0.136 e. The van der Waals surface area contributed by atoms with E-state index in [1.54, 1.807) is 0 Å². The van der Waals surface area contributed by atoms with E-state index in [4.69, 9.17) is 9.47 Å². The highest BCUT2D eigenvalue weighted by Crippen LogP contribution is 2.29. The van der Waals surface area contributed by atoms with Gasteiger partial charge in [-0.3, -0.25) is 0 Å². The van der Waals surface area contributed by atoms with Gasteiger partial charge in [0, 0.05) is 17.7 Å². The van der Waals surface area contributed by atoms with Crippen molar-refractivity contribution in [3.63, 3.8) is 0 Å². The zero-order valence-electron chi connectivity index (χ0n) is 29.8. The first kappa shape index (κ1) is 38.1. The van der Waals surface area contributed by atoms with E-state index in [1.165, 1.54) is 116 Å². The molecule has 2 nitrogen and oxygen atoms in total. The second kappa shape index (κ2) is 25.7. The summed E-state index contributed by atoms with van der Waals surface area (Å²) in [5.41, 5.74) is 2.74. The Bertz CT molecular complexity index is 1270. The second-order valence-corrected chi connectivity index (χ2v) is 13.1. The fraction of sp³-hybridized carbons (Fsp3) is 0.556. The molecular weight excluding hydrogens is 572 g/mol. The van der Waals surface area contributed by atoms with Gasteiger partial charge in [-0.25, -0.2) is 0 Å². The molecule has 0 radical (unpaired) electrons. The third-order valence-corrected chi connectivity index (χ3v) is 8.83. The van der Waals surface area contributed by atoms with Gasteiger partial charge >= 0.3 is 0 Å². The van der Waals surface area contributed by atoms with Crippen LogP contribution < -0.4 is 9.47 Å². The minimum Gasteiger partial charge on any atom is -0.492 e. The lowest BCUT2D eigenvalue weighted by Gasteiger charge is -2.14. The highest BCUT2D eigenvalue weighted by molar-refractivity contribution is 5.60. The number of hydrogen-bond acceptors (Lipinski definition) is 2. The molecule has 3 rings (SSSR count). The molecule has 47 heavy (non-hydrogen) atoms. The molecule has 0 bridgehead atoms. The Morgan fingerprint density at radius 3 is 1.38 bits per heavy atom. The molecule has 0 amide bonds. The van der Waals surface area contributed by atoms with Gasteiger partial charge in [-0.2, -0.15) is 0 Å². The summed E-state index contributed by atoms with van der Waals surface area (Å²) in [5.74, 6) is 15.3. The Morgan fingerprint density at radius 2 is 0.915 bits per heavy atom. The Hall–Kier alpha value is -3.36. The van der Waals surface area contributed by atoms with Gasteiger partial charge < -0.3 is 9.47 Å². The molecule has 0 N–H and O–H groups in total. The summed E-state index contributed by atoms with van der Waals surface area (Å²) in [6.07, 6.45) is 34.5. The Kier molecular flexibility index (Phi) is 20.8. The molecule has 0 heterocycles. The molecule has 0 fully saturated rings. The first-order valence-corrected chi connectivity index (χ1v) is 19.2. The quantitative estimate of drug-likeness (QED) is 0.0845. The lowest BCUT2D eigenvalue weighted by molar-refractivity contribution is 0.295. The van der Waals surface area contributed by atoms with E-state index >= 15 is 0 Å². The number of allylic oxidation sites excluding steroid dienone is 4. The monoisotopic (exact) mass is 634 g/mol. The highest BCUT2D eigenvalue weighted by atomic mass is 16.5. The van der Waals surface area contributed by atoms with E-state index in [0.717, 1.165) is 41.0 Å². The fourth-order valence-electron chi connectivity index (χ4n) is 5.89. The first-order valence-electron chi connectivity index (χ1n) is 19.2. The van der Waals surface area contributed by atoms with Gasteiger partial charge in [0.25, 0.3) is 0 Å². The molecule has 1 aliphatic rings. The van der Waals surface area contributed by atoms with Crippen LogP contribution in [0.15, 0.2) is 66.8 Å². The van der Waals surface area contributed by atoms with Gasteiger partial charge in [-0.05, 0) is 25.0 Å². The minimum absolute atomic E-state index is 0.137. The lowest BCUT2D eigenvalue weighted by Crippen LogP contribution is -2.03. The number of benzene rings is 2. The molecule has 2 heteroatoms. The van der Waals surface area contributed by atoms with Crippen LogP contribution in [0.5, 0.6) is 11.5 Å². The zero-order valence-corrected chi connectivity index (χ0v) is 29.8. The number of hydrogen-bond donors (Lipinski definition) is 0. The van der Waals surface area contributed by atoms with Crippen LogP contribution in [-0.4, -0.2) is 13.2 Å². The van der Waals surface area contributed by atoms with Crippen LogP contribution in [0.3, 0.4) is 0 Å². The van der Waals surface area contributed by atoms with Crippen LogP contribution in [-0.2, 0) is 0 Å². The molecule has 0 unspecified atom stereocenters. The summed E-state index contributed by atoms with van der Waals surface area (Å²) in [4.78, 5) is 0. The number of ether oxygens (including phenoxy) is 2. The van der Waals surface area contributed by atoms with Crippen LogP contribution in [0, 0.1) is 29.6 Å². The molecule has 2 aromatic rings. The van der Waals surface area contributed by atoms with Crippen LogP contribution in [0.1, 0.15) is 159 Å². The summed E-state index contributed by atoms with van der Waals surface area (Å²) < 4.78 is 12.8. The molecule has 0 saturated heterocycles. The first-order chi connectivity index (χ1) is 23.3. The summed E-state index contributed by atoms with van der Waals surface area (Å²) in [6.45, 7) is 5.95. The van der Waals surface area contributed by atoms with Gasteiger partial charge in [0.05, 0.1) is 30.3 Å². The molecule has 254 valence electrons. The van der Waals surface area contributed by atoms with Gasteiger partial charge in [0.1, 0.15) is 11.5 Å². The molecule has 2 aromatic carbocycles.